The minimum absolute atomic E-state index is 0.0524. The number of sulfonamides is 2. The van der Waals surface area contributed by atoms with E-state index in [2.05, 4.69) is 4.72 Å². The maximum absolute atomic E-state index is 13.1. The maximum Gasteiger partial charge on any atom is 0.323 e. The fourth-order valence-electron chi connectivity index (χ4n) is 3.53. The third-order valence-corrected chi connectivity index (χ3v) is 8.56. The monoisotopic (exact) mass is 537 g/mol. The summed E-state index contributed by atoms with van der Waals surface area (Å²) in [4.78, 5) is 11.5. The molecule has 2 aromatic carbocycles. The highest BCUT2D eigenvalue weighted by Gasteiger charge is 2.28. The quantitative estimate of drug-likeness (QED) is 0.392. The van der Waals surface area contributed by atoms with Gasteiger partial charge in [-0.1, -0.05) is 26.0 Å². The van der Waals surface area contributed by atoms with Crippen LogP contribution in [0.4, 0.5) is 5.69 Å². The van der Waals surface area contributed by atoms with Crippen molar-refractivity contribution in [1.29, 1.82) is 5.26 Å². The van der Waals surface area contributed by atoms with Crippen molar-refractivity contribution in [3.63, 3.8) is 0 Å². The molecule has 12 heteroatoms. The van der Waals surface area contributed by atoms with E-state index in [0.29, 0.717) is 11.3 Å². The van der Waals surface area contributed by atoms with E-state index in [0.717, 1.165) is 22.0 Å². The molecule has 0 atom stereocenters. The van der Waals surface area contributed by atoms with Crippen LogP contribution in [0.1, 0.15) is 50.3 Å². The van der Waals surface area contributed by atoms with Gasteiger partial charge in [0.25, 0.3) is 0 Å². The van der Waals surface area contributed by atoms with Crippen LogP contribution in [-0.2, 0) is 36.0 Å². The van der Waals surface area contributed by atoms with Crippen LogP contribution in [0.25, 0.3) is 0 Å². The molecule has 0 aliphatic carbocycles. The molecule has 0 spiro atoms. The van der Waals surface area contributed by atoms with Crippen LogP contribution in [0, 0.1) is 11.3 Å². The molecule has 2 aromatic rings. The fraction of sp³-hybridized carbons (Fsp3) is 0.417. The Labute approximate surface area is 212 Å². The number of nitrogens with one attached hydrogen (secondary N) is 1. The number of nitrogens with zero attached hydrogens (tertiary/aromatic N) is 2. The minimum atomic E-state index is -4.15. The highest BCUT2D eigenvalue weighted by atomic mass is 32.2. The van der Waals surface area contributed by atoms with Gasteiger partial charge in [0, 0.05) is 13.1 Å². The van der Waals surface area contributed by atoms with Crippen LogP contribution in [0.3, 0.4) is 0 Å². The highest BCUT2D eigenvalue weighted by molar-refractivity contribution is 7.93. The Morgan fingerprint density at radius 2 is 1.83 bits per heavy atom. The molecule has 0 saturated heterocycles. The van der Waals surface area contributed by atoms with E-state index in [1.807, 2.05) is 26.0 Å². The van der Waals surface area contributed by atoms with Crippen LogP contribution >= 0.6 is 0 Å². The summed E-state index contributed by atoms with van der Waals surface area (Å²) < 4.78 is 59.9. The SMILES string of the molecule is CCOC(=O)CS(=O)(=O)N(CC)c1cc(C(C)C)ccc1CCNS(=O)(=O)c1cc(C#N)ccc1O. The van der Waals surface area contributed by atoms with E-state index < -0.39 is 42.4 Å². The maximum atomic E-state index is 13.1. The Hall–Kier alpha value is -3.14. The molecule has 0 radical (unpaired) electrons. The number of phenolic OH excluding ortho intramolecular Hbond substituents is 1. The van der Waals surface area contributed by atoms with Gasteiger partial charge in [-0.05, 0) is 61.6 Å². The first-order valence-corrected chi connectivity index (χ1v) is 14.5. The average Bonchev–Trinajstić information content (AvgIpc) is 2.79. The first-order chi connectivity index (χ1) is 16.9. The molecule has 0 aromatic heterocycles. The molecule has 2 rings (SSSR count). The van der Waals surface area contributed by atoms with E-state index in [1.165, 1.54) is 6.07 Å². The van der Waals surface area contributed by atoms with Crippen molar-refractivity contribution >= 4 is 31.7 Å². The largest absolute Gasteiger partial charge is 0.507 e. The Morgan fingerprint density at radius 3 is 2.42 bits per heavy atom. The molecular weight excluding hydrogens is 506 g/mol. The van der Waals surface area contributed by atoms with Gasteiger partial charge in [-0.15, -0.1) is 0 Å². The van der Waals surface area contributed by atoms with Gasteiger partial charge < -0.3 is 9.84 Å². The van der Waals surface area contributed by atoms with Gasteiger partial charge in [-0.2, -0.15) is 5.26 Å². The van der Waals surface area contributed by atoms with Gasteiger partial charge in [0.05, 0.1) is 23.9 Å². The zero-order valence-corrected chi connectivity index (χ0v) is 22.3. The predicted molar refractivity (Wildman–Crippen MR) is 136 cm³/mol. The first-order valence-electron chi connectivity index (χ1n) is 11.4. The van der Waals surface area contributed by atoms with Crippen LogP contribution in [0.15, 0.2) is 41.3 Å². The van der Waals surface area contributed by atoms with Crippen molar-refractivity contribution in [2.24, 2.45) is 0 Å². The van der Waals surface area contributed by atoms with E-state index in [1.54, 1.807) is 26.0 Å². The summed E-state index contributed by atoms with van der Waals surface area (Å²) in [6.45, 7) is 7.14. The first kappa shape index (κ1) is 29.1. The summed E-state index contributed by atoms with van der Waals surface area (Å²) in [5, 5.41) is 19.0. The molecule has 36 heavy (non-hydrogen) atoms. The van der Waals surface area contributed by atoms with E-state index in [-0.39, 0.29) is 37.6 Å². The number of nitriles is 1. The predicted octanol–water partition coefficient (Wildman–Crippen LogP) is 2.63. The minimum Gasteiger partial charge on any atom is -0.507 e. The highest BCUT2D eigenvalue weighted by Crippen LogP contribution is 2.29. The third-order valence-electron chi connectivity index (χ3n) is 5.34. The van der Waals surface area contributed by atoms with Crippen molar-refractivity contribution in [1.82, 2.24) is 4.72 Å². The second-order valence-corrected chi connectivity index (χ2v) is 11.8. The fourth-order valence-corrected chi connectivity index (χ4v) is 6.08. The second kappa shape index (κ2) is 12.2. The molecule has 10 nitrogen and oxygen atoms in total. The van der Waals surface area contributed by atoms with E-state index in [4.69, 9.17) is 10.00 Å². The molecular formula is C24H31N3O7S2. The molecule has 0 aliphatic heterocycles. The number of carbonyl (C=O) groups is 1. The molecule has 0 heterocycles. The molecule has 196 valence electrons. The van der Waals surface area contributed by atoms with E-state index >= 15 is 0 Å². The number of carbonyl (C=O) groups excluding carboxylic acids is 1. The lowest BCUT2D eigenvalue weighted by molar-refractivity contribution is -0.139. The number of hydrogen-bond donors (Lipinski definition) is 2. The zero-order chi connectivity index (χ0) is 27.1. The van der Waals surface area contributed by atoms with Gasteiger partial charge in [0.2, 0.25) is 20.0 Å². The summed E-state index contributed by atoms with van der Waals surface area (Å²) in [5.41, 5.74) is 1.84. The van der Waals surface area contributed by atoms with Crippen molar-refractivity contribution in [3.8, 4) is 11.8 Å². The summed E-state index contributed by atoms with van der Waals surface area (Å²) in [6, 6.07) is 10.6. The van der Waals surface area contributed by atoms with Crippen molar-refractivity contribution in [2.75, 3.05) is 29.8 Å². The number of ether oxygens (including phenoxy) is 1. The van der Waals surface area contributed by atoms with Crippen LogP contribution < -0.4 is 9.03 Å². The van der Waals surface area contributed by atoms with Crippen molar-refractivity contribution in [2.45, 2.75) is 44.9 Å². The lowest BCUT2D eigenvalue weighted by atomic mass is 9.99. The van der Waals surface area contributed by atoms with Gasteiger partial charge in [-0.3, -0.25) is 9.10 Å². The van der Waals surface area contributed by atoms with Gasteiger partial charge in [0.15, 0.2) is 5.75 Å². The molecule has 0 aliphatic rings. The number of anilines is 1. The topological polar surface area (TPSA) is 154 Å². The zero-order valence-electron chi connectivity index (χ0n) is 20.7. The van der Waals surface area contributed by atoms with Gasteiger partial charge in [0.1, 0.15) is 10.6 Å². The second-order valence-electron chi connectivity index (χ2n) is 8.21. The Morgan fingerprint density at radius 1 is 1.14 bits per heavy atom. The number of esters is 1. The lowest BCUT2D eigenvalue weighted by Crippen LogP contribution is -2.37. The van der Waals surface area contributed by atoms with Gasteiger partial charge in [-0.25, -0.2) is 21.6 Å². The molecule has 0 unspecified atom stereocenters. The van der Waals surface area contributed by atoms with Gasteiger partial charge >= 0.3 is 5.97 Å². The number of aromatic hydroxyl groups is 1. The molecule has 0 saturated carbocycles. The summed E-state index contributed by atoms with van der Waals surface area (Å²) >= 11 is 0. The molecule has 2 N–H and O–H groups in total. The normalized spacial score (nSPS) is 11.8. The molecule has 0 amide bonds. The van der Waals surface area contributed by atoms with Crippen molar-refractivity contribution in [3.05, 3.63) is 53.1 Å². The summed E-state index contributed by atoms with van der Waals surface area (Å²) in [7, 11) is -8.21. The van der Waals surface area contributed by atoms with Crippen LogP contribution in [0.2, 0.25) is 0 Å². The van der Waals surface area contributed by atoms with Crippen LogP contribution in [0.5, 0.6) is 5.75 Å². The smallest absolute Gasteiger partial charge is 0.323 e. The van der Waals surface area contributed by atoms with Crippen LogP contribution in [-0.4, -0.2) is 53.4 Å². The summed E-state index contributed by atoms with van der Waals surface area (Å²) in [6.07, 6.45) is 0.122. The number of phenols is 1. The van der Waals surface area contributed by atoms with Crippen molar-refractivity contribution < 1.29 is 31.5 Å². The Balaban J connectivity index is 2.37. The number of benzene rings is 2. The Bertz CT molecular complexity index is 1350. The number of rotatable bonds is 12. The standard InChI is InChI=1S/C24H31N3O7S2/c1-5-27(35(30,31)16-24(29)34-6-2)21-14-20(17(3)4)9-8-19(21)11-12-26-36(32,33)23-13-18(15-25)7-10-22(23)28/h7-10,13-14,17,26,28H,5-6,11-12,16H2,1-4H3. The van der Waals surface area contributed by atoms with E-state index in [9.17, 15) is 26.7 Å². The third kappa shape index (κ3) is 7.19. The molecule has 0 fully saturated rings. The number of hydrogen-bond acceptors (Lipinski definition) is 8. The lowest BCUT2D eigenvalue weighted by Gasteiger charge is -2.26. The molecule has 0 bridgehead atoms. The Kier molecular flexibility index (Phi) is 9.86. The average molecular weight is 538 g/mol. The summed E-state index contributed by atoms with van der Waals surface area (Å²) in [5.74, 6) is -2.07.